The molecule has 0 amide bonds. The van der Waals surface area contributed by atoms with E-state index in [0.29, 0.717) is 13.0 Å². The van der Waals surface area contributed by atoms with E-state index in [1.165, 1.54) is 12.1 Å². The van der Waals surface area contributed by atoms with Gasteiger partial charge in [0.05, 0.1) is 19.1 Å². The van der Waals surface area contributed by atoms with E-state index in [-0.39, 0.29) is 36.4 Å². The monoisotopic (exact) mass is 421 g/mol. The quantitative estimate of drug-likeness (QED) is 0.575. The van der Waals surface area contributed by atoms with Crippen LogP contribution in [0.5, 0.6) is 0 Å². The van der Waals surface area contributed by atoms with Gasteiger partial charge in [-0.3, -0.25) is 4.79 Å². The molecular formula is C23H29ClFNO3. The van der Waals surface area contributed by atoms with Crippen molar-refractivity contribution >= 4 is 18.4 Å². The standard InChI is InChI=1S/C23H28FNO3.ClH/c1-2-27-22(26)14-17-25-15-12-21(13-16-25)28-23(18-6-4-3-5-7-18)19-8-10-20(24)11-9-19;/h3-11,21,23H,2,12-17H2,1H3;1H. The fraction of sp³-hybridized carbons (Fsp3) is 0.435. The van der Waals surface area contributed by atoms with Crippen LogP contribution in [0.15, 0.2) is 54.6 Å². The van der Waals surface area contributed by atoms with Gasteiger partial charge in [-0.1, -0.05) is 42.5 Å². The molecule has 2 aromatic carbocycles. The number of benzene rings is 2. The minimum atomic E-state index is -0.245. The highest BCUT2D eigenvalue weighted by Crippen LogP contribution is 2.30. The number of esters is 1. The number of likely N-dealkylation sites (tertiary alicyclic amines) is 1. The molecule has 29 heavy (non-hydrogen) atoms. The zero-order chi connectivity index (χ0) is 19.8. The Morgan fingerprint density at radius 2 is 1.69 bits per heavy atom. The Morgan fingerprint density at radius 3 is 2.31 bits per heavy atom. The lowest BCUT2D eigenvalue weighted by Gasteiger charge is -2.34. The van der Waals surface area contributed by atoms with Gasteiger partial charge in [-0.2, -0.15) is 0 Å². The summed E-state index contributed by atoms with van der Waals surface area (Å²) in [4.78, 5) is 13.8. The number of rotatable bonds is 8. The van der Waals surface area contributed by atoms with E-state index in [1.807, 2.05) is 37.3 Å². The number of ether oxygens (including phenoxy) is 2. The maximum Gasteiger partial charge on any atom is 0.307 e. The Hall–Kier alpha value is -1.95. The maximum absolute atomic E-state index is 13.4. The molecule has 3 rings (SSSR count). The fourth-order valence-corrected chi connectivity index (χ4v) is 3.56. The summed E-state index contributed by atoms with van der Waals surface area (Å²) in [6, 6.07) is 16.6. The summed E-state index contributed by atoms with van der Waals surface area (Å²) >= 11 is 0. The summed E-state index contributed by atoms with van der Waals surface area (Å²) in [5.41, 5.74) is 2.02. The van der Waals surface area contributed by atoms with Gasteiger partial charge in [0.2, 0.25) is 0 Å². The lowest BCUT2D eigenvalue weighted by atomic mass is 10.00. The first kappa shape index (κ1) is 23.3. The van der Waals surface area contributed by atoms with Crippen molar-refractivity contribution in [1.82, 2.24) is 4.90 Å². The van der Waals surface area contributed by atoms with Crippen molar-refractivity contribution in [3.63, 3.8) is 0 Å². The van der Waals surface area contributed by atoms with Crippen LogP contribution in [0.4, 0.5) is 4.39 Å². The predicted molar refractivity (Wildman–Crippen MR) is 114 cm³/mol. The largest absolute Gasteiger partial charge is 0.466 e. The molecule has 1 aliphatic rings. The Bertz CT molecular complexity index is 734. The zero-order valence-electron chi connectivity index (χ0n) is 16.8. The molecule has 1 saturated heterocycles. The molecule has 0 spiro atoms. The average Bonchev–Trinajstić information content (AvgIpc) is 2.73. The van der Waals surface area contributed by atoms with Gasteiger partial charge in [0.25, 0.3) is 0 Å². The highest BCUT2D eigenvalue weighted by Gasteiger charge is 2.25. The fourth-order valence-electron chi connectivity index (χ4n) is 3.56. The van der Waals surface area contributed by atoms with Crippen LogP contribution in [0.3, 0.4) is 0 Å². The van der Waals surface area contributed by atoms with Crippen molar-refractivity contribution < 1.29 is 18.7 Å². The molecule has 0 bridgehead atoms. The molecule has 0 saturated carbocycles. The molecule has 4 nitrogen and oxygen atoms in total. The van der Waals surface area contributed by atoms with Gasteiger partial charge < -0.3 is 14.4 Å². The maximum atomic E-state index is 13.4. The summed E-state index contributed by atoms with van der Waals surface area (Å²) < 4.78 is 24.8. The van der Waals surface area contributed by atoms with Crippen LogP contribution in [-0.4, -0.2) is 43.2 Å². The SMILES string of the molecule is CCOC(=O)CCN1CCC(OC(c2ccccc2)c2ccc(F)cc2)CC1.Cl. The van der Waals surface area contributed by atoms with E-state index >= 15 is 0 Å². The Labute approximate surface area is 178 Å². The van der Waals surface area contributed by atoms with E-state index in [9.17, 15) is 9.18 Å². The zero-order valence-corrected chi connectivity index (χ0v) is 17.6. The second-order valence-corrected chi connectivity index (χ2v) is 7.07. The van der Waals surface area contributed by atoms with E-state index in [2.05, 4.69) is 4.90 Å². The van der Waals surface area contributed by atoms with Crippen molar-refractivity contribution in [2.75, 3.05) is 26.2 Å². The van der Waals surface area contributed by atoms with Crippen molar-refractivity contribution in [2.45, 2.75) is 38.4 Å². The van der Waals surface area contributed by atoms with Crippen molar-refractivity contribution in [2.24, 2.45) is 0 Å². The Morgan fingerprint density at radius 1 is 1.07 bits per heavy atom. The molecule has 2 aromatic rings. The number of nitrogens with zero attached hydrogens (tertiary/aromatic N) is 1. The third-order valence-corrected chi connectivity index (χ3v) is 5.08. The average molecular weight is 422 g/mol. The molecule has 0 N–H and O–H groups in total. The molecule has 0 aliphatic carbocycles. The third kappa shape index (κ3) is 7.11. The summed E-state index contributed by atoms with van der Waals surface area (Å²) in [7, 11) is 0. The molecular weight excluding hydrogens is 393 g/mol. The predicted octanol–water partition coefficient (Wildman–Crippen LogP) is 4.77. The first-order valence-electron chi connectivity index (χ1n) is 9.99. The minimum absolute atomic E-state index is 0. The summed E-state index contributed by atoms with van der Waals surface area (Å²) in [5.74, 6) is -0.383. The summed E-state index contributed by atoms with van der Waals surface area (Å²) in [5, 5.41) is 0. The van der Waals surface area contributed by atoms with Gasteiger partial charge in [-0.05, 0) is 43.0 Å². The smallest absolute Gasteiger partial charge is 0.307 e. The van der Waals surface area contributed by atoms with Gasteiger partial charge in [-0.15, -0.1) is 12.4 Å². The van der Waals surface area contributed by atoms with Crippen LogP contribution < -0.4 is 0 Å². The molecule has 0 radical (unpaired) electrons. The van der Waals surface area contributed by atoms with Gasteiger partial charge in [0.15, 0.2) is 0 Å². The molecule has 0 aromatic heterocycles. The second-order valence-electron chi connectivity index (χ2n) is 7.07. The topological polar surface area (TPSA) is 38.8 Å². The van der Waals surface area contributed by atoms with Crippen LogP contribution in [0.2, 0.25) is 0 Å². The van der Waals surface area contributed by atoms with E-state index in [1.54, 1.807) is 12.1 Å². The molecule has 1 heterocycles. The molecule has 1 unspecified atom stereocenters. The normalized spacial score (nSPS) is 16.1. The summed E-state index contributed by atoms with van der Waals surface area (Å²) in [6.45, 7) is 4.78. The number of piperidine rings is 1. The van der Waals surface area contributed by atoms with Crippen LogP contribution in [0, 0.1) is 5.82 Å². The molecule has 1 fully saturated rings. The number of carbonyl (C=O) groups excluding carboxylic acids is 1. The van der Waals surface area contributed by atoms with Crippen LogP contribution in [0.1, 0.15) is 43.4 Å². The van der Waals surface area contributed by atoms with E-state index < -0.39 is 0 Å². The number of halogens is 2. The highest BCUT2D eigenvalue weighted by atomic mass is 35.5. The van der Waals surface area contributed by atoms with Crippen LogP contribution in [0.25, 0.3) is 0 Å². The van der Waals surface area contributed by atoms with Gasteiger partial charge >= 0.3 is 5.97 Å². The molecule has 1 atom stereocenters. The third-order valence-electron chi connectivity index (χ3n) is 5.08. The van der Waals surface area contributed by atoms with Gasteiger partial charge in [-0.25, -0.2) is 4.39 Å². The van der Waals surface area contributed by atoms with Crippen molar-refractivity contribution in [1.29, 1.82) is 0 Å². The second kappa shape index (κ2) is 11.9. The van der Waals surface area contributed by atoms with E-state index in [0.717, 1.165) is 43.6 Å². The van der Waals surface area contributed by atoms with Crippen LogP contribution in [-0.2, 0) is 14.3 Å². The lowest BCUT2D eigenvalue weighted by molar-refractivity contribution is -0.143. The number of hydrogen-bond donors (Lipinski definition) is 0. The first-order valence-corrected chi connectivity index (χ1v) is 9.99. The Balaban J connectivity index is 0.00000300. The van der Waals surface area contributed by atoms with Gasteiger partial charge in [0.1, 0.15) is 11.9 Å². The first-order chi connectivity index (χ1) is 13.7. The highest BCUT2D eigenvalue weighted by molar-refractivity contribution is 5.85. The Kier molecular flexibility index (Phi) is 9.58. The number of carbonyl (C=O) groups is 1. The minimum Gasteiger partial charge on any atom is -0.466 e. The summed E-state index contributed by atoms with van der Waals surface area (Å²) in [6.07, 6.45) is 2.18. The number of hydrogen-bond acceptors (Lipinski definition) is 4. The van der Waals surface area contributed by atoms with Crippen molar-refractivity contribution in [3.8, 4) is 0 Å². The van der Waals surface area contributed by atoms with Crippen molar-refractivity contribution in [3.05, 3.63) is 71.5 Å². The lowest BCUT2D eigenvalue weighted by Crippen LogP contribution is -2.38. The van der Waals surface area contributed by atoms with Crippen LogP contribution >= 0.6 is 12.4 Å². The van der Waals surface area contributed by atoms with E-state index in [4.69, 9.17) is 9.47 Å². The molecule has 158 valence electrons. The van der Waals surface area contributed by atoms with Gasteiger partial charge in [0, 0.05) is 19.6 Å². The molecule has 6 heteroatoms. The molecule has 1 aliphatic heterocycles.